The Morgan fingerprint density at radius 3 is 2.71 bits per heavy atom. The number of halogens is 4. The quantitative estimate of drug-likeness (QED) is 0.406. The van der Waals surface area contributed by atoms with Crippen LogP contribution in [0.4, 0.5) is 13.2 Å². The summed E-state index contributed by atoms with van der Waals surface area (Å²) >= 11 is -0.763. The third-order valence-electron chi connectivity index (χ3n) is 4.51. The fourth-order valence-electron chi connectivity index (χ4n) is 3.25. The van der Waals surface area contributed by atoms with E-state index in [9.17, 15) is 13.2 Å². The molecule has 0 radical (unpaired) electrons. The van der Waals surface area contributed by atoms with Crippen molar-refractivity contribution in [1.82, 2.24) is 0 Å². The van der Waals surface area contributed by atoms with E-state index < -0.39 is 38.4 Å². The summed E-state index contributed by atoms with van der Waals surface area (Å²) in [5.41, 5.74) is 0.154. The molecule has 21 heavy (non-hydrogen) atoms. The van der Waals surface area contributed by atoms with Gasteiger partial charge in [-0.25, -0.2) is 13.2 Å². The van der Waals surface area contributed by atoms with Crippen LogP contribution in [0, 0.1) is 21.2 Å². The van der Waals surface area contributed by atoms with Crippen LogP contribution in [0.5, 0.6) is 0 Å². The van der Waals surface area contributed by atoms with E-state index in [-0.39, 0.29) is 11.5 Å². The van der Waals surface area contributed by atoms with Crippen LogP contribution in [0.3, 0.4) is 0 Å². The van der Waals surface area contributed by atoms with Crippen LogP contribution in [0.1, 0.15) is 50.7 Å². The molecule has 0 heterocycles. The van der Waals surface area contributed by atoms with Gasteiger partial charge >= 0.3 is 0 Å². The van der Waals surface area contributed by atoms with Gasteiger partial charge < -0.3 is 0 Å². The zero-order chi connectivity index (χ0) is 15.6. The highest BCUT2D eigenvalue weighted by Gasteiger charge is 2.52. The van der Waals surface area contributed by atoms with E-state index in [2.05, 4.69) is 11.4 Å². The number of hydrogen-bond donors (Lipinski definition) is 0. The van der Waals surface area contributed by atoms with Crippen molar-refractivity contribution < 1.29 is 13.2 Å². The van der Waals surface area contributed by atoms with Gasteiger partial charge in [-0.2, -0.15) is 0 Å². The van der Waals surface area contributed by atoms with Crippen LogP contribution >= 0.6 is 20.7 Å². The van der Waals surface area contributed by atoms with Gasteiger partial charge in [0, 0.05) is 9.49 Å². The number of alkyl halides is 2. The van der Waals surface area contributed by atoms with E-state index in [1.54, 1.807) is 12.1 Å². The Balaban J connectivity index is 2.26. The Bertz CT molecular complexity index is 525. The number of fused-ring (bicyclic) bond motifs is 1. The maximum atomic E-state index is 14.7. The van der Waals surface area contributed by atoms with E-state index in [1.165, 1.54) is 0 Å². The van der Waals surface area contributed by atoms with Crippen LogP contribution in [0.15, 0.2) is 12.1 Å². The number of rotatable bonds is 6. The van der Waals surface area contributed by atoms with Crippen molar-refractivity contribution in [2.45, 2.75) is 51.9 Å². The first kappa shape index (κ1) is 17.0. The average Bonchev–Trinajstić information content (AvgIpc) is 2.71. The molecule has 2 unspecified atom stereocenters. The zero-order valence-electron chi connectivity index (χ0n) is 12.6. The Labute approximate surface area is 134 Å². The van der Waals surface area contributed by atoms with E-state index in [1.807, 2.05) is 6.92 Å². The van der Waals surface area contributed by atoms with Crippen molar-refractivity contribution >= 4 is 25.2 Å². The first-order valence-corrected chi connectivity index (χ1v) is 10.1. The topological polar surface area (TPSA) is 0 Å². The SMILES string of the molecule is C=Ic1ccc2c(c1F)C(F)(F)C(C(C)CCCCC)C2. The molecule has 2 atom stereocenters. The maximum absolute atomic E-state index is 14.7. The van der Waals surface area contributed by atoms with Crippen molar-refractivity contribution in [3.05, 3.63) is 32.6 Å². The molecular weight excluding hydrogens is 388 g/mol. The zero-order valence-corrected chi connectivity index (χ0v) is 14.7. The lowest BCUT2D eigenvalue weighted by molar-refractivity contribution is -0.0753. The van der Waals surface area contributed by atoms with Crippen LogP contribution in [0.2, 0.25) is 0 Å². The maximum Gasteiger partial charge on any atom is 0.279 e. The minimum absolute atomic E-state index is 0.0868. The molecule has 1 aromatic rings. The van der Waals surface area contributed by atoms with Crippen LogP contribution in [-0.2, 0) is 12.3 Å². The second kappa shape index (κ2) is 6.80. The van der Waals surface area contributed by atoms with Gasteiger partial charge in [0.15, 0.2) is 0 Å². The first-order chi connectivity index (χ1) is 9.93. The highest BCUT2D eigenvalue weighted by molar-refractivity contribution is 14.2. The third kappa shape index (κ3) is 3.20. The second-order valence-corrected chi connectivity index (χ2v) is 7.86. The normalized spacial score (nSPS) is 21.3. The molecule has 1 aliphatic carbocycles. The Morgan fingerprint density at radius 2 is 2.10 bits per heavy atom. The predicted molar refractivity (Wildman–Crippen MR) is 90.6 cm³/mol. The van der Waals surface area contributed by atoms with E-state index in [0.717, 1.165) is 25.7 Å². The second-order valence-electron chi connectivity index (χ2n) is 5.94. The van der Waals surface area contributed by atoms with Gasteiger partial charge in [-0.3, -0.25) is 0 Å². The first-order valence-electron chi connectivity index (χ1n) is 7.51. The summed E-state index contributed by atoms with van der Waals surface area (Å²) in [5, 5.41) is 0. The summed E-state index contributed by atoms with van der Waals surface area (Å²) in [4.78, 5) is 0. The van der Waals surface area contributed by atoms with Gasteiger partial charge in [-0.1, -0.05) is 70.8 Å². The van der Waals surface area contributed by atoms with Gasteiger partial charge in [-0.15, -0.1) is 0 Å². The van der Waals surface area contributed by atoms with Crippen molar-refractivity contribution in [1.29, 1.82) is 0 Å². The number of benzene rings is 1. The molecule has 0 saturated carbocycles. The Kier molecular flexibility index (Phi) is 5.49. The van der Waals surface area contributed by atoms with Gasteiger partial charge in [0.05, 0.1) is 5.56 Å². The number of unbranched alkanes of at least 4 members (excludes halogenated alkanes) is 2. The van der Waals surface area contributed by atoms with Gasteiger partial charge in [0.1, 0.15) is 5.82 Å². The molecule has 0 aromatic heterocycles. The number of hydrogen-bond acceptors (Lipinski definition) is 0. The highest BCUT2D eigenvalue weighted by Crippen LogP contribution is 2.51. The van der Waals surface area contributed by atoms with E-state index in [4.69, 9.17) is 0 Å². The third-order valence-corrected chi connectivity index (χ3v) is 6.17. The minimum Gasteiger partial charge on any atom is -0.205 e. The Morgan fingerprint density at radius 1 is 1.38 bits per heavy atom. The molecule has 1 aromatic carbocycles. The molecule has 1 aliphatic rings. The summed E-state index contributed by atoms with van der Waals surface area (Å²) in [7, 11) is 0. The highest BCUT2D eigenvalue weighted by atomic mass is 127. The molecule has 2 rings (SSSR count). The molecule has 0 nitrogen and oxygen atoms in total. The molecule has 0 fully saturated rings. The van der Waals surface area contributed by atoms with Crippen molar-refractivity contribution in [2.24, 2.45) is 11.8 Å². The fourth-order valence-corrected chi connectivity index (χ4v) is 4.29. The van der Waals surface area contributed by atoms with Gasteiger partial charge in [0.2, 0.25) is 0 Å². The molecule has 0 N–H and O–H groups in total. The summed E-state index contributed by atoms with van der Waals surface area (Å²) in [6.45, 7) is 3.98. The lowest BCUT2D eigenvalue weighted by Crippen LogP contribution is -2.27. The summed E-state index contributed by atoms with van der Waals surface area (Å²) in [6.07, 6.45) is 4.21. The van der Waals surface area contributed by atoms with Crippen LogP contribution in [0.25, 0.3) is 0 Å². The molecule has 118 valence electrons. The van der Waals surface area contributed by atoms with Gasteiger partial charge in [0.25, 0.3) is 5.92 Å². The monoisotopic (exact) mass is 410 g/mol. The summed E-state index contributed by atoms with van der Waals surface area (Å²) in [5.74, 6) is -4.59. The van der Waals surface area contributed by atoms with Crippen molar-refractivity contribution in [2.75, 3.05) is 0 Å². The Hall–Kier alpha value is -0.390. The lowest BCUT2D eigenvalue weighted by Gasteiger charge is -2.26. The summed E-state index contributed by atoms with van der Waals surface area (Å²) in [6, 6.07) is 3.33. The molecule has 0 amide bonds. The van der Waals surface area contributed by atoms with Crippen molar-refractivity contribution in [3.63, 3.8) is 0 Å². The van der Waals surface area contributed by atoms with Crippen molar-refractivity contribution in [3.8, 4) is 0 Å². The molecule has 0 aliphatic heterocycles. The lowest BCUT2D eigenvalue weighted by atomic mass is 9.85. The standard InChI is InChI=1S/C17H22F3I/c1-4-5-6-7-11(2)13-10-12-8-9-14(21-3)16(18)15(12)17(13,19)20/h8-9,11,13H,3-7,10H2,1-2H3. The molecular formula is C17H22F3I. The molecule has 0 spiro atoms. The summed E-state index contributed by atoms with van der Waals surface area (Å²) < 4.78 is 47.8. The molecule has 0 bridgehead atoms. The van der Waals surface area contributed by atoms with Gasteiger partial charge in [-0.05, 0) is 24.0 Å². The minimum atomic E-state index is -3.04. The predicted octanol–water partition coefficient (Wildman–Crippen LogP) is 5.88. The average molecular weight is 410 g/mol. The van der Waals surface area contributed by atoms with Crippen LogP contribution in [-0.4, -0.2) is 4.51 Å². The van der Waals surface area contributed by atoms with E-state index >= 15 is 0 Å². The fraction of sp³-hybridized carbons (Fsp3) is 0.588. The van der Waals surface area contributed by atoms with E-state index in [0.29, 0.717) is 15.6 Å². The molecule has 0 saturated heterocycles. The van der Waals surface area contributed by atoms with Crippen LogP contribution < -0.4 is 0 Å². The largest absolute Gasteiger partial charge is 0.279 e. The molecule has 4 heteroatoms. The smallest absolute Gasteiger partial charge is 0.205 e.